The molecule has 0 fully saturated rings. The molecule has 0 heterocycles. The molecule has 0 aliphatic rings. The van der Waals surface area contributed by atoms with Gasteiger partial charge in [-0.2, -0.15) is 0 Å². The zero-order valence-electron chi connectivity index (χ0n) is 10.6. The lowest BCUT2D eigenvalue weighted by atomic mass is 9.99. The maximum atomic E-state index is 5.89. The van der Waals surface area contributed by atoms with Crippen LogP contribution < -0.4 is 5.73 Å². The van der Waals surface area contributed by atoms with Crippen LogP contribution in [0.1, 0.15) is 17.2 Å². The largest absolute Gasteiger partial charge is 0.379 e. The Morgan fingerprint density at radius 3 is 2.21 bits per heavy atom. The Labute approximate surface area is 131 Å². The van der Waals surface area contributed by atoms with E-state index in [0.717, 1.165) is 11.1 Å². The molecular formula is C15H15IN2S. The van der Waals surface area contributed by atoms with Crippen LogP contribution in [-0.2, 0) is 0 Å². The molecule has 2 nitrogen and oxygen atoms in total. The molecule has 0 aromatic heterocycles. The van der Waals surface area contributed by atoms with Gasteiger partial charge in [0.15, 0.2) is 5.17 Å². The van der Waals surface area contributed by atoms with Crippen LogP contribution in [0.25, 0.3) is 0 Å². The first-order chi connectivity index (χ1) is 9.20. The Morgan fingerprint density at radius 2 is 1.63 bits per heavy atom. The molecule has 0 spiro atoms. The van der Waals surface area contributed by atoms with Crippen molar-refractivity contribution in [2.24, 2.45) is 10.7 Å². The highest BCUT2D eigenvalue weighted by Crippen LogP contribution is 2.27. The summed E-state index contributed by atoms with van der Waals surface area (Å²) in [5.74, 6) is 0. The predicted molar refractivity (Wildman–Crippen MR) is 92.6 cm³/mol. The maximum absolute atomic E-state index is 5.89. The van der Waals surface area contributed by atoms with Gasteiger partial charge in [0.1, 0.15) is 6.04 Å². The summed E-state index contributed by atoms with van der Waals surface area (Å²) in [6, 6.07) is 18.6. The molecule has 98 valence electrons. The van der Waals surface area contributed by atoms with E-state index in [1.165, 1.54) is 15.3 Å². The normalized spacial score (nSPS) is 13.3. The van der Waals surface area contributed by atoms with Crippen LogP contribution in [0.15, 0.2) is 59.6 Å². The number of amidine groups is 1. The van der Waals surface area contributed by atoms with E-state index in [1.807, 2.05) is 24.5 Å². The molecule has 2 N–H and O–H groups in total. The van der Waals surface area contributed by atoms with Crippen LogP contribution in [0.3, 0.4) is 0 Å². The standard InChI is InChI=1S/C15H15IN2S/c1-19-15(17)18-14(11-5-3-2-4-6-11)12-7-9-13(16)10-8-12/h2-10,14H,1H3,(H2,17,18). The quantitative estimate of drug-likeness (QED) is 0.494. The van der Waals surface area contributed by atoms with Crippen molar-refractivity contribution in [2.45, 2.75) is 6.04 Å². The Balaban J connectivity index is 2.43. The summed E-state index contributed by atoms with van der Waals surface area (Å²) < 4.78 is 1.22. The topological polar surface area (TPSA) is 38.4 Å². The van der Waals surface area contributed by atoms with Crippen LogP contribution in [-0.4, -0.2) is 11.4 Å². The van der Waals surface area contributed by atoms with Gasteiger partial charge in [0.05, 0.1) is 0 Å². The molecule has 1 atom stereocenters. The first-order valence-electron chi connectivity index (χ1n) is 5.88. The molecule has 0 saturated heterocycles. The van der Waals surface area contributed by atoms with E-state index in [4.69, 9.17) is 5.73 Å². The van der Waals surface area contributed by atoms with Gasteiger partial charge < -0.3 is 5.73 Å². The summed E-state index contributed by atoms with van der Waals surface area (Å²) in [4.78, 5) is 4.62. The third-order valence-electron chi connectivity index (χ3n) is 2.77. The third-order valence-corrected chi connectivity index (χ3v) is 4.01. The van der Waals surface area contributed by atoms with Crippen LogP contribution in [0.5, 0.6) is 0 Å². The third kappa shape index (κ3) is 3.98. The first-order valence-corrected chi connectivity index (χ1v) is 8.18. The summed E-state index contributed by atoms with van der Waals surface area (Å²) in [7, 11) is 0. The van der Waals surface area contributed by atoms with E-state index in [2.05, 4.69) is 64.0 Å². The van der Waals surface area contributed by atoms with Crippen molar-refractivity contribution in [3.63, 3.8) is 0 Å². The number of benzene rings is 2. The summed E-state index contributed by atoms with van der Waals surface area (Å²) >= 11 is 3.77. The number of rotatable bonds is 3. The molecule has 0 radical (unpaired) electrons. The maximum Gasteiger partial charge on any atom is 0.154 e. The lowest BCUT2D eigenvalue weighted by molar-refractivity contribution is 0.874. The highest BCUT2D eigenvalue weighted by Gasteiger charge is 2.13. The SMILES string of the molecule is CSC(N)=NC(c1ccccc1)c1ccc(I)cc1. The fourth-order valence-electron chi connectivity index (χ4n) is 1.80. The number of aliphatic imine (C=N–C) groups is 1. The zero-order chi connectivity index (χ0) is 13.7. The van der Waals surface area contributed by atoms with Gasteiger partial charge in [-0.15, -0.1) is 0 Å². The van der Waals surface area contributed by atoms with Gasteiger partial charge in [0.25, 0.3) is 0 Å². The van der Waals surface area contributed by atoms with E-state index in [0.29, 0.717) is 5.17 Å². The summed E-state index contributed by atoms with van der Waals surface area (Å²) in [6.45, 7) is 0. The molecule has 0 saturated carbocycles. The van der Waals surface area contributed by atoms with Gasteiger partial charge in [-0.05, 0) is 52.1 Å². The molecule has 0 amide bonds. The molecule has 2 aromatic carbocycles. The number of nitrogens with zero attached hydrogens (tertiary/aromatic N) is 1. The molecule has 4 heteroatoms. The molecule has 0 bridgehead atoms. The fraction of sp³-hybridized carbons (Fsp3) is 0.133. The molecular weight excluding hydrogens is 367 g/mol. The van der Waals surface area contributed by atoms with Crippen LogP contribution in [0.4, 0.5) is 0 Å². The summed E-state index contributed by atoms with van der Waals surface area (Å²) in [6.07, 6.45) is 1.94. The number of thioether (sulfide) groups is 1. The van der Waals surface area contributed by atoms with Crippen molar-refractivity contribution in [3.8, 4) is 0 Å². The van der Waals surface area contributed by atoms with Crippen molar-refractivity contribution in [1.82, 2.24) is 0 Å². The van der Waals surface area contributed by atoms with Crippen molar-refractivity contribution in [2.75, 3.05) is 6.26 Å². The Bertz CT molecular complexity index is 552. The van der Waals surface area contributed by atoms with E-state index in [-0.39, 0.29) is 6.04 Å². The summed E-state index contributed by atoms with van der Waals surface area (Å²) in [5, 5.41) is 0.604. The zero-order valence-corrected chi connectivity index (χ0v) is 13.6. The minimum absolute atomic E-state index is 0.0364. The van der Waals surface area contributed by atoms with E-state index >= 15 is 0 Å². The Kier molecular flexibility index (Phi) is 5.27. The van der Waals surface area contributed by atoms with Crippen LogP contribution in [0, 0.1) is 3.57 Å². The van der Waals surface area contributed by atoms with E-state index in [1.54, 1.807) is 0 Å². The molecule has 0 aliphatic heterocycles. The fourth-order valence-corrected chi connectivity index (χ4v) is 2.37. The van der Waals surface area contributed by atoms with E-state index < -0.39 is 0 Å². The molecule has 2 rings (SSSR count). The van der Waals surface area contributed by atoms with Gasteiger partial charge in [0, 0.05) is 3.57 Å². The Morgan fingerprint density at radius 1 is 1.05 bits per heavy atom. The molecule has 0 aliphatic carbocycles. The van der Waals surface area contributed by atoms with Gasteiger partial charge in [-0.25, -0.2) is 4.99 Å². The van der Waals surface area contributed by atoms with Crippen molar-refractivity contribution in [3.05, 3.63) is 69.3 Å². The monoisotopic (exact) mass is 382 g/mol. The predicted octanol–water partition coefficient (Wildman–Crippen LogP) is 4.06. The number of nitrogens with two attached hydrogens (primary N) is 1. The highest BCUT2D eigenvalue weighted by atomic mass is 127. The lowest BCUT2D eigenvalue weighted by Crippen LogP contribution is -2.09. The second-order valence-corrected chi connectivity index (χ2v) is 6.11. The van der Waals surface area contributed by atoms with Crippen molar-refractivity contribution in [1.29, 1.82) is 0 Å². The van der Waals surface area contributed by atoms with Gasteiger partial charge in [0.2, 0.25) is 0 Å². The molecule has 2 aromatic rings. The molecule has 1 unspecified atom stereocenters. The van der Waals surface area contributed by atoms with Gasteiger partial charge in [-0.3, -0.25) is 0 Å². The Hall–Kier alpha value is -1.01. The average molecular weight is 382 g/mol. The lowest BCUT2D eigenvalue weighted by Gasteiger charge is -2.14. The average Bonchev–Trinajstić information content (AvgIpc) is 2.46. The molecule has 19 heavy (non-hydrogen) atoms. The smallest absolute Gasteiger partial charge is 0.154 e. The van der Waals surface area contributed by atoms with Gasteiger partial charge in [-0.1, -0.05) is 54.2 Å². The highest BCUT2D eigenvalue weighted by molar-refractivity contribution is 14.1. The van der Waals surface area contributed by atoms with Crippen LogP contribution >= 0.6 is 34.4 Å². The minimum Gasteiger partial charge on any atom is -0.379 e. The second-order valence-electron chi connectivity index (χ2n) is 4.04. The number of halogens is 1. The van der Waals surface area contributed by atoms with Crippen LogP contribution in [0.2, 0.25) is 0 Å². The first kappa shape index (κ1) is 14.4. The van der Waals surface area contributed by atoms with Gasteiger partial charge >= 0.3 is 0 Å². The minimum atomic E-state index is -0.0364. The van der Waals surface area contributed by atoms with Crippen molar-refractivity contribution < 1.29 is 0 Å². The second kappa shape index (κ2) is 6.96. The number of hydrogen-bond donors (Lipinski definition) is 1. The van der Waals surface area contributed by atoms with Crippen molar-refractivity contribution >= 4 is 39.5 Å². The van der Waals surface area contributed by atoms with E-state index in [9.17, 15) is 0 Å². The summed E-state index contributed by atoms with van der Waals surface area (Å²) in [5.41, 5.74) is 8.20. The number of hydrogen-bond acceptors (Lipinski definition) is 2.